The van der Waals surface area contributed by atoms with Gasteiger partial charge in [0.15, 0.2) is 0 Å². The van der Waals surface area contributed by atoms with Crippen LogP contribution < -0.4 is 5.73 Å². The Balaban J connectivity index is 2.94. The van der Waals surface area contributed by atoms with E-state index in [-0.39, 0.29) is 5.56 Å². The van der Waals surface area contributed by atoms with Crippen LogP contribution in [0.15, 0.2) is 24.3 Å². The van der Waals surface area contributed by atoms with Crippen molar-refractivity contribution in [2.24, 2.45) is 5.73 Å². The molecule has 14 heavy (non-hydrogen) atoms. The summed E-state index contributed by atoms with van der Waals surface area (Å²) in [5, 5.41) is 9.58. The zero-order valence-corrected chi connectivity index (χ0v) is 8.01. The van der Waals surface area contributed by atoms with Gasteiger partial charge in [0, 0.05) is 5.02 Å². The SMILES string of the molecule is NCC(F)(F)C(O)c1cccc(Cl)c1. The van der Waals surface area contributed by atoms with E-state index in [9.17, 15) is 13.9 Å². The van der Waals surface area contributed by atoms with Crippen molar-refractivity contribution in [3.05, 3.63) is 34.9 Å². The van der Waals surface area contributed by atoms with Gasteiger partial charge in [-0.2, -0.15) is 0 Å². The van der Waals surface area contributed by atoms with Crippen molar-refractivity contribution in [1.82, 2.24) is 0 Å². The molecule has 0 saturated heterocycles. The third-order valence-corrected chi connectivity index (χ3v) is 2.07. The molecule has 1 aromatic carbocycles. The quantitative estimate of drug-likeness (QED) is 0.820. The number of nitrogens with two attached hydrogens (primary N) is 1. The highest BCUT2D eigenvalue weighted by atomic mass is 35.5. The average molecular weight is 222 g/mol. The van der Waals surface area contributed by atoms with Crippen LogP contribution in [0.2, 0.25) is 5.02 Å². The second kappa shape index (κ2) is 4.21. The number of halogens is 3. The maximum absolute atomic E-state index is 12.9. The molecule has 0 heterocycles. The van der Waals surface area contributed by atoms with Crippen LogP contribution in [0.3, 0.4) is 0 Å². The standard InChI is InChI=1S/C9H10ClF2NO/c10-7-3-1-2-6(4-7)8(14)9(11,12)5-13/h1-4,8,14H,5,13H2. The molecule has 0 spiro atoms. The Morgan fingerprint density at radius 2 is 2.14 bits per heavy atom. The molecule has 0 aliphatic rings. The predicted octanol–water partition coefficient (Wildman–Crippen LogP) is 1.97. The van der Waals surface area contributed by atoms with E-state index < -0.39 is 18.6 Å². The number of hydrogen-bond acceptors (Lipinski definition) is 2. The molecule has 0 bridgehead atoms. The van der Waals surface area contributed by atoms with Gasteiger partial charge < -0.3 is 10.8 Å². The van der Waals surface area contributed by atoms with E-state index in [1.165, 1.54) is 18.2 Å². The van der Waals surface area contributed by atoms with Gasteiger partial charge in [0.2, 0.25) is 0 Å². The van der Waals surface area contributed by atoms with Crippen molar-refractivity contribution >= 4 is 11.6 Å². The van der Waals surface area contributed by atoms with Crippen molar-refractivity contribution in [3.8, 4) is 0 Å². The fraction of sp³-hybridized carbons (Fsp3) is 0.333. The Morgan fingerprint density at radius 1 is 1.50 bits per heavy atom. The monoisotopic (exact) mass is 221 g/mol. The van der Waals surface area contributed by atoms with Crippen LogP contribution in [-0.4, -0.2) is 17.6 Å². The molecule has 1 rings (SSSR count). The molecule has 0 amide bonds. The van der Waals surface area contributed by atoms with Gasteiger partial charge in [-0.3, -0.25) is 0 Å². The highest BCUT2D eigenvalue weighted by Gasteiger charge is 2.37. The minimum atomic E-state index is -3.33. The van der Waals surface area contributed by atoms with Crippen molar-refractivity contribution in [2.75, 3.05) is 6.54 Å². The first kappa shape index (κ1) is 11.4. The van der Waals surface area contributed by atoms with Gasteiger partial charge in [0.25, 0.3) is 5.92 Å². The Morgan fingerprint density at radius 3 is 2.64 bits per heavy atom. The van der Waals surface area contributed by atoms with E-state index in [1.807, 2.05) is 0 Å². The zero-order valence-electron chi connectivity index (χ0n) is 7.25. The summed E-state index contributed by atoms with van der Waals surface area (Å²) in [5.74, 6) is -3.33. The van der Waals surface area contributed by atoms with Gasteiger partial charge in [-0.05, 0) is 17.7 Å². The Bertz CT molecular complexity index is 319. The number of hydrogen-bond donors (Lipinski definition) is 2. The van der Waals surface area contributed by atoms with Crippen LogP contribution in [0, 0.1) is 0 Å². The Labute approximate surface area is 85.3 Å². The van der Waals surface area contributed by atoms with E-state index in [0.717, 1.165) is 0 Å². The molecular weight excluding hydrogens is 212 g/mol. The minimum absolute atomic E-state index is 0.0629. The lowest BCUT2D eigenvalue weighted by Crippen LogP contribution is -2.34. The Kier molecular flexibility index (Phi) is 3.42. The molecule has 0 aromatic heterocycles. The lowest BCUT2D eigenvalue weighted by Gasteiger charge is -2.21. The third kappa shape index (κ3) is 2.41. The van der Waals surface area contributed by atoms with E-state index >= 15 is 0 Å². The van der Waals surface area contributed by atoms with Gasteiger partial charge in [-0.15, -0.1) is 0 Å². The molecule has 1 aromatic rings. The number of aliphatic hydroxyl groups excluding tert-OH is 1. The van der Waals surface area contributed by atoms with E-state index in [2.05, 4.69) is 0 Å². The van der Waals surface area contributed by atoms with E-state index in [1.54, 1.807) is 6.07 Å². The number of benzene rings is 1. The van der Waals surface area contributed by atoms with Crippen LogP contribution in [-0.2, 0) is 0 Å². The van der Waals surface area contributed by atoms with Crippen molar-refractivity contribution in [3.63, 3.8) is 0 Å². The fourth-order valence-corrected chi connectivity index (χ4v) is 1.23. The summed E-state index contributed by atoms with van der Waals surface area (Å²) < 4.78 is 25.9. The molecule has 0 aliphatic carbocycles. The van der Waals surface area contributed by atoms with Gasteiger partial charge in [0.05, 0.1) is 6.54 Å². The number of alkyl halides is 2. The van der Waals surface area contributed by atoms with E-state index in [4.69, 9.17) is 17.3 Å². The largest absolute Gasteiger partial charge is 0.382 e. The zero-order chi connectivity index (χ0) is 10.8. The maximum atomic E-state index is 12.9. The lowest BCUT2D eigenvalue weighted by atomic mass is 10.0. The summed E-state index contributed by atoms with van der Waals surface area (Å²) in [5.41, 5.74) is 4.90. The lowest BCUT2D eigenvalue weighted by molar-refractivity contribution is -0.102. The van der Waals surface area contributed by atoms with Crippen LogP contribution >= 0.6 is 11.6 Å². The summed E-state index contributed by atoms with van der Waals surface area (Å²) in [4.78, 5) is 0. The molecule has 78 valence electrons. The molecule has 1 atom stereocenters. The summed E-state index contributed by atoms with van der Waals surface area (Å²) >= 11 is 5.59. The molecule has 0 fully saturated rings. The Hall–Kier alpha value is -0.710. The smallest absolute Gasteiger partial charge is 0.289 e. The second-order valence-electron chi connectivity index (χ2n) is 2.92. The summed E-state index contributed by atoms with van der Waals surface area (Å²) in [6.07, 6.45) is -1.91. The maximum Gasteiger partial charge on any atom is 0.289 e. The average Bonchev–Trinajstić information content (AvgIpc) is 2.16. The first-order valence-electron chi connectivity index (χ1n) is 3.99. The molecule has 0 aliphatic heterocycles. The number of rotatable bonds is 3. The summed E-state index contributed by atoms with van der Waals surface area (Å²) in [6, 6.07) is 5.70. The van der Waals surface area contributed by atoms with Crippen molar-refractivity contribution < 1.29 is 13.9 Å². The molecule has 1 unspecified atom stereocenters. The van der Waals surface area contributed by atoms with Crippen LogP contribution in [0.4, 0.5) is 8.78 Å². The summed E-state index contributed by atoms with van der Waals surface area (Å²) in [6.45, 7) is -0.902. The first-order valence-corrected chi connectivity index (χ1v) is 4.36. The molecule has 0 radical (unpaired) electrons. The third-order valence-electron chi connectivity index (χ3n) is 1.84. The highest BCUT2D eigenvalue weighted by molar-refractivity contribution is 6.30. The highest BCUT2D eigenvalue weighted by Crippen LogP contribution is 2.31. The molecule has 3 N–H and O–H groups in total. The number of aliphatic hydroxyl groups is 1. The molecular formula is C9H10ClF2NO. The molecule has 0 saturated carbocycles. The van der Waals surface area contributed by atoms with Gasteiger partial charge in [-0.25, -0.2) is 8.78 Å². The van der Waals surface area contributed by atoms with E-state index in [0.29, 0.717) is 5.02 Å². The molecule has 5 heteroatoms. The van der Waals surface area contributed by atoms with Crippen molar-refractivity contribution in [1.29, 1.82) is 0 Å². The predicted molar refractivity (Wildman–Crippen MR) is 50.4 cm³/mol. The summed E-state index contributed by atoms with van der Waals surface area (Å²) in [7, 11) is 0. The van der Waals surface area contributed by atoms with Gasteiger partial charge >= 0.3 is 0 Å². The van der Waals surface area contributed by atoms with Gasteiger partial charge in [0.1, 0.15) is 6.10 Å². The van der Waals surface area contributed by atoms with Crippen LogP contribution in [0.1, 0.15) is 11.7 Å². The van der Waals surface area contributed by atoms with Crippen LogP contribution in [0.5, 0.6) is 0 Å². The normalized spacial score (nSPS) is 14.1. The van der Waals surface area contributed by atoms with Crippen molar-refractivity contribution in [2.45, 2.75) is 12.0 Å². The fourth-order valence-electron chi connectivity index (χ4n) is 1.03. The first-order chi connectivity index (χ1) is 6.47. The van der Waals surface area contributed by atoms with Crippen LogP contribution in [0.25, 0.3) is 0 Å². The van der Waals surface area contributed by atoms with Gasteiger partial charge in [-0.1, -0.05) is 23.7 Å². The second-order valence-corrected chi connectivity index (χ2v) is 3.36. The topological polar surface area (TPSA) is 46.2 Å². The minimum Gasteiger partial charge on any atom is -0.382 e. The molecule has 2 nitrogen and oxygen atoms in total.